The van der Waals surface area contributed by atoms with E-state index in [1.54, 1.807) is 6.08 Å². The van der Waals surface area contributed by atoms with Crippen LogP contribution in [0.3, 0.4) is 0 Å². The second kappa shape index (κ2) is 5.09. The van der Waals surface area contributed by atoms with Gasteiger partial charge in [-0.05, 0) is 18.6 Å². The number of hydrogen-bond donors (Lipinski definition) is 0. The molecule has 0 atom stereocenters. The lowest BCUT2D eigenvalue weighted by atomic mass is 10.1. The number of allylic oxidation sites excluding steroid dienone is 3. The van der Waals surface area contributed by atoms with Crippen LogP contribution in [0.1, 0.15) is 11.1 Å². The molecule has 66 valence electrons. The fraction of sp³-hybridized carbons (Fsp3) is 0.0833. The molecule has 0 spiro atoms. The van der Waals surface area contributed by atoms with E-state index in [2.05, 4.69) is 19.1 Å². The fourth-order valence-corrected chi connectivity index (χ4v) is 0.954. The third kappa shape index (κ3) is 3.52. The van der Waals surface area contributed by atoms with Gasteiger partial charge in [-0.2, -0.15) is 0 Å². The van der Waals surface area contributed by atoms with Crippen LogP contribution in [-0.2, 0) is 4.79 Å². The molecule has 13 heavy (non-hydrogen) atoms. The fourth-order valence-electron chi connectivity index (χ4n) is 0.954. The molecule has 0 fully saturated rings. The molecular weight excluding hydrogens is 160 g/mol. The first-order valence-electron chi connectivity index (χ1n) is 4.18. The average Bonchev–Trinajstić information content (AvgIpc) is 2.15. The second-order valence-corrected chi connectivity index (χ2v) is 2.79. The third-order valence-electron chi connectivity index (χ3n) is 1.67. The molecule has 0 bridgehead atoms. The first kappa shape index (κ1) is 9.46. The number of carbonyl (C=O) groups excluding carboxylic acids is 1. The zero-order valence-corrected chi connectivity index (χ0v) is 7.60. The van der Waals surface area contributed by atoms with Crippen LogP contribution in [0.5, 0.6) is 0 Å². The summed E-state index contributed by atoms with van der Waals surface area (Å²) in [7, 11) is 0. The van der Waals surface area contributed by atoms with E-state index in [4.69, 9.17) is 0 Å². The highest BCUT2D eigenvalue weighted by atomic mass is 16.1. The van der Waals surface area contributed by atoms with E-state index in [1.807, 2.05) is 24.3 Å². The SMILES string of the molecule is Cc1ccc(C=CC=CC=O)cc1. The Balaban J connectivity index is 2.64. The van der Waals surface area contributed by atoms with Crippen LogP contribution in [0.15, 0.2) is 42.5 Å². The molecule has 0 unspecified atom stereocenters. The van der Waals surface area contributed by atoms with Crippen molar-refractivity contribution in [3.8, 4) is 0 Å². The van der Waals surface area contributed by atoms with Gasteiger partial charge >= 0.3 is 0 Å². The smallest absolute Gasteiger partial charge is 0.142 e. The van der Waals surface area contributed by atoms with Gasteiger partial charge in [0, 0.05) is 0 Å². The predicted octanol–water partition coefficient (Wildman–Crippen LogP) is 2.76. The Morgan fingerprint density at radius 1 is 1.00 bits per heavy atom. The van der Waals surface area contributed by atoms with Crippen molar-refractivity contribution in [3.05, 3.63) is 53.6 Å². The molecule has 0 saturated carbocycles. The summed E-state index contributed by atoms with van der Waals surface area (Å²) < 4.78 is 0. The van der Waals surface area contributed by atoms with Gasteiger partial charge in [-0.25, -0.2) is 0 Å². The molecule has 1 aromatic rings. The largest absolute Gasteiger partial charge is 0.299 e. The zero-order chi connectivity index (χ0) is 9.52. The molecule has 0 saturated heterocycles. The minimum atomic E-state index is 0.763. The van der Waals surface area contributed by atoms with Crippen molar-refractivity contribution in [2.45, 2.75) is 6.92 Å². The number of aryl methyl sites for hydroxylation is 1. The Hall–Kier alpha value is -1.63. The van der Waals surface area contributed by atoms with Crippen LogP contribution in [-0.4, -0.2) is 6.29 Å². The van der Waals surface area contributed by atoms with Gasteiger partial charge in [0.25, 0.3) is 0 Å². The molecule has 0 radical (unpaired) electrons. The predicted molar refractivity (Wildman–Crippen MR) is 55.4 cm³/mol. The summed E-state index contributed by atoms with van der Waals surface area (Å²) >= 11 is 0. The summed E-state index contributed by atoms with van der Waals surface area (Å²) in [6.07, 6.45) is 7.75. The maximum Gasteiger partial charge on any atom is 0.142 e. The van der Waals surface area contributed by atoms with Crippen molar-refractivity contribution in [3.63, 3.8) is 0 Å². The van der Waals surface area contributed by atoms with Crippen LogP contribution in [0.25, 0.3) is 6.08 Å². The summed E-state index contributed by atoms with van der Waals surface area (Å²) in [4.78, 5) is 9.94. The maximum absolute atomic E-state index is 9.94. The average molecular weight is 172 g/mol. The van der Waals surface area contributed by atoms with Gasteiger partial charge in [0.15, 0.2) is 0 Å². The molecule has 0 aliphatic rings. The highest BCUT2D eigenvalue weighted by Gasteiger charge is 1.83. The van der Waals surface area contributed by atoms with Crippen molar-refractivity contribution < 1.29 is 4.79 Å². The molecular formula is C12H12O. The summed E-state index contributed by atoms with van der Waals surface area (Å²) in [5.41, 5.74) is 2.39. The van der Waals surface area contributed by atoms with E-state index < -0.39 is 0 Å². The second-order valence-electron chi connectivity index (χ2n) is 2.79. The van der Waals surface area contributed by atoms with E-state index >= 15 is 0 Å². The maximum atomic E-state index is 9.94. The number of aldehydes is 1. The highest BCUT2D eigenvalue weighted by molar-refractivity contribution is 5.66. The van der Waals surface area contributed by atoms with Crippen LogP contribution < -0.4 is 0 Å². The first-order valence-corrected chi connectivity index (χ1v) is 4.18. The highest BCUT2D eigenvalue weighted by Crippen LogP contribution is 2.04. The van der Waals surface area contributed by atoms with Crippen LogP contribution >= 0.6 is 0 Å². The number of carbonyl (C=O) groups is 1. The lowest BCUT2D eigenvalue weighted by molar-refractivity contribution is -0.104. The minimum Gasteiger partial charge on any atom is -0.299 e. The van der Waals surface area contributed by atoms with Crippen LogP contribution in [0.2, 0.25) is 0 Å². The van der Waals surface area contributed by atoms with E-state index in [0.717, 1.165) is 11.8 Å². The summed E-state index contributed by atoms with van der Waals surface area (Å²) in [6.45, 7) is 2.06. The van der Waals surface area contributed by atoms with Crippen molar-refractivity contribution >= 4 is 12.4 Å². The van der Waals surface area contributed by atoms with Gasteiger partial charge in [-0.3, -0.25) is 4.79 Å². The standard InChI is InChI=1S/C12H12O/c1-11-6-8-12(9-7-11)5-3-2-4-10-13/h2-10H,1H3. The van der Waals surface area contributed by atoms with E-state index in [1.165, 1.54) is 11.6 Å². The Bertz CT molecular complexity index is 317. The normalized spacial score (nSPS) is 11.2. The quantitative estimate of drug-likeness (QED) is 0.389. The topological polar surface area (TPSA) is 17.1 Å². The monoisotopic (exact) mass is 172 g/mol. The Kier molecular flexibility index (Phi) is 3.71. The molecule has 1 heteroatoms. The number of hydrogen-bond acceptors (Lipinski definition) is 1. The van der Waals surface area contributed by atoms with Crippen molar-refractivity contribution in [2.75, 3.05) is 0 Å². The van der Waals surface area contributed by atoms with Gasteiger partial charge in [0.05, 0.1) is 0 Å². The Morgan fingerprint density at radius 2 is 1.69 bits per heavy atom. The van der Waals surface area contributed by atoms with Crippen molar-refractivity contribution in [1.82, 2.24) is 0 Å². The van der Waals surface area contributed by atoms with Crippen LogP contribution in [0, 0.1) is 6.92 Å². The third-order valence-corrected chi connectivity index (χ3v) is 1.67. The van der Waals surface area contributed by atoms with E-state index in [9.17, 15) is 4.79 Å². The molecule has 1 rings (SSSR count). The summed E-state index contributed by atoms with van der Waals surface area (Å²) in [5.74, 6) is 0. The summed E-state index contributed by atoms with van der Waals surface area (Å²) in [5, 5.41) is 0. The van der Waals surface area contributed by atoms with Gasteiger partial charge in [-0.1, -0.05) is 48.1 Å². The number of rotatable bonds is 3. The van der Waals surface area contributed by atoms with Crippen molar-refractivity contribution in [2.24, 2.45) is 0 Å². The van der Waals surface area contributed by atoms with Gasteiger partial charge in [0.1, 0.15) is 6.29 Å². The molecule has 1 nitrogen and oxygen atoms in total. The zero-order valence-electron chi connectivity index (χ0n) is 7.60. The molecule has 1 aromatic carbocycles. The van der Waals surface area contributed by atoms with Crippen molar-refractivity contribution in [1.29, 1.82) is 0 Å². The molecule has 0 aromatic heterocycles. The molecule has 0 aliphatic carbocycles. The van der Waals surface area contributed by atoms with Crippen LogP contribution in [0.4, 0.5) is 0 Å². The summed E-state index contributed by atoms with van der Waals surface area (Å²) in [6, 6.07) is 8.20. The van der Waals surface area contributed by atoms with Gasteiger partial charge in [0.2, 0.25) is 0 Å². The molecule has 0 N–H and O–H groups in total. The lowest BCUT2D eigenvalue weighted by Crippen LogP contribution is -1.72. The number of benzene rings is 1. The lowest BCUT2D eigenvalue weighted by Gasteiger charge is -1.92. The minimum absolute atomic E-state index is 0.763. The first-order chi connectivity index (χ1) is 6.33. The van der Waals surface area contributed by atoms with Gasteiger partial charge in [-0.15, -0.1) is 0 Å². The van der Waals surface area contributed by atoms with Gasteiger partial charge < -0.3 is 0 Å². The molecule has 0 aliphatic heterocycles. The Morgan fingerprint density at radius 3 is 2.31 bits per heavy atom. The molecule has 0 heterocycles. The Labute approximate surface area is 78.4 Å². The van der Waals surface area contributed by atoms with E-state index in [0.29, 0.717) is 0 Å². The van der Waals surface area contributed by atoms with E-state index in [-0.39, 0.29) is 0 Å². The molecule has 0 amide bonds.